The zero-order chi connectivity index (χ0) is 12.3. The average Bonchev–Trinajstić information content (AvgIpc) is 2.33. The summed E-state index contributed by atoms with van der Waals surface area (Å²) in [6, 6.07) is 8.66. The average molecular weight is 296 g/mol. The molecule has 0 bridgehead atoms. The lowest BCUT2D eigenvalue weighted by molar-refractivity contribution is 0.163. The Morgan fingerprint density at radius 3 is 2.65 bits per heavy atom. The molecule has 1 aliphatic carbocycles. The van der Waals surface area contributed by atoms with E-state index in [2.05, 4.69) is 47.1 Å². The van der Waals surface area contributed by atoms with Crippen molar-refractivity contribution < 1.29 is 0 Å². The Balaban J connectivity index is 2.09. The van der Waals surface area contributed by atoms with Gasteiger partial charge in [-0.05, 0) is 54.8 Å². The summed E-state index contributed by atoms with van der Waals surface area (Å²) in [5, 5.41) is 0. The van der Waals surface area contributed by atoms with E-state index in [0.717, 1.165) is 18.9 Å². The third-order valence-electron chi connectivity index (χ3n) is 4.24. The maximum absolute atomic E-state index is 6.06. The van der Waals surface area contributed by atoms with Crippen molar-refractivity contribution in [1.29, 1.82) is 0 Å². The van der Waals surface area contributed by atoms with Gasteiger partial charge in [0.2, 0.25) is 0 Å². The smallest absolute Gasteiger partial charge is 0.0177 e. The van der Waals surface area contributed by atoms with Gasteiger partial charge in [0.05, 0.1) is 0 Å². The Labute approximate surface area is 113 Å². The maximum Gasteiger partial charge on any atom is 0.0177 e. The van der Waals surface area contributed by atoms with Crippen molar-refractivity contribution in [2.45, 2.75) is 39.0 Å². The monoisotopic (exact) mass is 295 g/mol. The number of hydrogen-bond acceptors (Lipinski definition) is 1. The van der Waals surface area contributed by atoms with Crippen LogP contribution in [0.15, 0.2) is 28.7 Å². The molecule has 1 saturated carbocycles. The van der Waals surface area contributed by atoms with Gasteiger partial charge in [0, 0.05) is 4.47 Å². The van der Waals surface area contributed by atoms with Crippen molar-refractivity contribution >= 4 is 15.9 Å². The van der Waals surface area contributed by atoms with Gasteiger partial charge in [0.25, 0.3) is 0 Å². The molecule has 1 aromatic carbocycles. The molecule has 0 aromatic heterocycles. The Bertz CT molecular complexity index is 367. The van der Waals surface area contributed by atoms with E-state index in [1.807, 2.05) is 0 Å². The molecule has 0 aliphatic heterocycles. The highest BCUT2D eigenvalue weighted by atomic mass is 79.9. The zero-order valence-corrected chi connectivity index (χ0v) is 12.2. The molecule has 0 radical (unpaired) electrons. The molecule has 1 nitrogen and oxygen atoms in total. The highest BCUT2D eigenvalue weighted by Gasteiger charge is 2.32. The molecule has 1 fully saturated rings. The minimum Gasteiger partial charge on any atom is -0.330 e. The van der Waals surface area contributed by atoms with E-state index in [-0.39, 0.29) is 0 Å². The third kappa shape index (κ3) is 3.32. The fourth-order valence-corrected chi connectivity index (χ4v) is 3.35. The molecule has 1 aromatic rings. The van der Waals surface area contributed by atoms with E-state index < -0.39 is 0 Å². The molecule has 2 heteroatoms. The van der Waals surface area contributed by atoms with E-state index in [0.29, 0.717) is 5.41 Å². The van der Waals surface area contributed by atoms with Gasteiger partial charge in [-0.1, -0.05) is 47.8 Å². The minimum absolute atomic E-state index is 0.354. The van der Waals surface area contributed by atoms with E-state index in [1.54, 1.807) is 0 Å². The van der Waals surface area contributed by atoms with Crippen molar-refractivity contribution in [3.63, 3.8) is 0 Å². The molecule has 0 spiro atoms. The summed E-state index contributed by atoms with van der Waals surface area (Å²) in [7, 11) is 0. The molecule has 1 aliphatic rings. The van der Waals surface area contributed by atoms with E-state index in [4.69, 9.17) is 5.73 Å². The van der Waals surface area contributed by atoms with Gasteiger partial charge < -0.3 is 5.73 Å². The van der Waals surface area contributed by atoms with Crippen LogP contribution in [0.5, 0.6) is 0 Å². The summed E-state index contributed by atoms with van der Waals surface area (Å²) in [6.45, 7) is 3.19. The fourth-order valence-electron chi connectivity index (χ4n) is 2.91. The van der Waals surface area contributed by atoms with Crippen molar-refractivity contribution in [1.82, 2.24) is 0 Å². The molecule has 94 valence electrons. The van der Waals surface area contributed by atoms with Gasteiger partial charge in [-0.15, -0.1) is 0 Å². The lowest BCUT2D eigenvalue weighted by Crippen LogP contribution is -2.36. The van der Waals surface area contributed by atoms with Crippen molar-refractivity contribution in [2.24, 2.45) is 17.1 Å². The Kier molecular flexibility index (Phi) is 4.26. The normalized spacial score (nSPS) is 29.2. The molecule has 0 unspecified atom stereocenters. The van der Waals surface area contributed by atoms with Gasteiger partial charge in [0.15, 0.2) is 0 Å². The number of nitrogens with two attached hydrogens (primary N) is 1. The second kappa shape index (κ2) is 5.53. The number of hydrogen-bond donors (Lipinski definition) is 1. The van der Waals surface area contributed by atoms with Crippen molar-refractivity contribution in [2.75, 3.05) is 6.54 Å². The van der Waals surface area contributed by atoms with Crippen LogP contribution in [0.3, 0.4) is 0 Å². The first-order valence-corrected chi connectivity index (χ1v) is 7.37. The largest absolute Gasteiger partial charge is 0.330 e. The van der Waals surface area contributed by atoms with Crippen LogP contribution in [0.25, 0.3) is 0 Å². The quantitative estimate of drug-likeness (QED) is 0.891. The molecule has 17 heavy (non-hydrogen) atoms. The number of benzene rings is 1. The molecule has 0 amide bonds. The van der Waals surface area contributed by atoms with Crippen LogP contribution >= 0.6 is 15.9 Å². The summed E-state index contributed by atoms with van der Waals surface area (Å²) in [5.74, 6) is 0.886. The summed E-state index contributed by atoms with van der Waals surface area (Å²) >= 11 is 3.54. The topological polar surface area (TPSA) is 26.0 Å². The van der Waals surface area contributed by atoms with Gasteiger partial charge in [-0.2, -0.15) is 0 Å². The van der Waals surface area contributed by atoms with Crippen LogP contribution in [0.2, 0.25) is 0 Å². The SMILES string of the molecule is CC1CCC(CN)(Cc2cccc(Br)c2)CC1. The van der Waals surface area contributed by atoms with E-state index >= 15 is 0 Å². The summed E-state index contributed by atoms with van der Waals surface area (Å²) < 4.78 is 1.17. The first-order chi connectivity index (χ1) is 8.13. The lowest BCUT2D eigenvalue weighted by atomic mass is 9.68. The van der Waals surface area contributed by atoms with Gasteiger partial charge in [-0.3, -0.25) is 0 Å². The van der Waals surface area contributed by atoms with Crippen LogP contribution in [0.4, 0.5) is 0 Å². The second-order valence-corrected chi connectivity index (χ2v) is 6.61. The Morgan fingerprint density at radius 1 is 1.35 bits per heavy atom. The Hall–Kier alpha value is -0.340. The van der Waals surface area contributed by atoms with Crippen LogP contribution in [0.1, 0.15) is 38.2 Å². The lowest BCUT2D eigenvalue weighted by Gasteiger charge is -2.39. The highest BCUT2D eigenvalue weighted by Crippen LogP contribution is 2.40. The summed E-state index contributed by atoms with van der Waals surface area (Å²) in [5.41, 5.74) is 7.83. The molecule has 0 saturated heterocycles. The molecule has 0 heterocycles. The predicted octanol–water partition coefficient (Wildman–Crippen LogP) is 4.15. The van der Waals surface area contributed by atoms with E-state index in [1.165, 1.54) is 35.7 Å². The highest BCUT2D eigenvalue weighted by molar-refractivity contribution is 9.10. The Morgan fingerprint density at radius 2 is 2.06 bits per heavy atom. The van der Waals surface area contributed by atoms with Crippen LogP contribution in [0, 0.1) is 11.3 Å². The van der Waals surface area contributed by atoms with Crippen molar-refractivity contribution in [3.8, 4) is 0 Å². The number of halogens is 1. The maximum atomic E-state index is 6.06. The van der Waals surface area contributed by atoms with Crippen LogP contribution in [-0.4, -0.2) is 6.54 Å². The molecule has 2 rings (SSSR count). The van der Waals surface area contributed by atoms with Crippen LogP contribution in [-0.2, 0) is 6.42 Å². The fraction of sp³-hybridized carbons (Fsp3) is 0.600. The summed E-state index contributed by atoms with van der Waals surface area (Å²) in [6.07, 6.45) is 6.39. The zero-order valence-electron chi connectivity index (χ0n) is 10.6. The van der Waals surface area contributed by atoms with Crippen LogP contribution < -0.4 is 5.73 Å². The van der Waals surface area contributed by atoms with Gasteiger partial charge >= 0.3 is 0 Å². The predicted molar refractivity (Wildman–Crippen MR) is 77.0 cm³/mol. The molecular formula is C15H22BrN. The first kappa shape index (κ1) is 13.1. The number of rotatable bonds is 3. The molecule has 2 N–H and O–H groups in total. The minimum atomic E-state index is 0.354. The molecular weight excluding hydrogens is 274 g/mol. The van der Waals surface area contributed by atoms with E-state index in [9.17, 15) is 0 Å². The first-order valence-electron chi connectivity index (χ1n) is 6.58. The third-order valence-corrected chi connectivity index (χ3v) is 4.73. The molecule has 0 atom stereocenters. The van der Waals surface area contributed by atoms with Gasteiger partial charge in [0.1, 0.15) is 0 Å². The standard InChI is InChI=1S/C15H22BrN/c1-12-5-7-15(11-17,8-6-12)10-13-3-2-4-14(16)9-13/h2-4,9,12H,5-8,10-11,17H2,1H3. The second-order valence-electron chi connectivity index (χ2n) is 5.69. The van der Waals surface area contributed by atoms with Crippen molar-refractivity contribution in [3.05, 3.63) is 34.3 Å². The van der Waals surface area contributed by atoms with Gasteiger partial charge in [-0.25, -0.2) is 0 Å². The summed E-state index contributed by atoms with van der Waals surface area (Å²) in [4.78, 5) is 0.